The van der Waals surface area contributed by atoms with Crippen molar-refractivity contribution in [1.82, 2.24) is 10.6 Å². The number of carbonyl (C=O) groups is 1. The number of ether oxygens (including phenoxy) is 1. The Balaban J connectivity index is 2.18. The zero-order valence-corrected chi connectivity index (χ0v) is 11.3. The van der Waals surface area contributed by atoms with Gasteiger partial charge in [-0.05, 0) is 38.0 Å². The van der Waals surface area contributed by atoms with Crippen molar-refractivity contribution in [2.45, 2.75) is 45.6 Å². The van der Waals surface area contributed by atoms with E-state index < -0.39 is 0 Å². The van der Waals surface area contributed by atoms with Crippen molar-refractivity contribution in [3.8, 4) is 0 Å². The zero-order valence-electron chi connectivity index (χ0n) is 11.3. The maximum Gasteiger partial charge on any atom is 0.236 e. The van der Waals surface area contributed by atoms with E-state index in [-0.39, 0.29) is 11.9 Å². The lowest BCUT2D eigenvalue weighted by atomic mass is 10.0. The molecule has 1 saturated carbocycles. The van der Waals surface area contributed by atoms with Gasteiger partial charge >= 0.3 is 0 Å². The third kappa shape index (κ3) is 5.04. The van der Waals surface area contributed by atoms with Gasteiger partial charge in [0.25, 0.3) is 0 Å². The van der Waals surface area contributed by atoms with Crippen LogP contribution in [0.15, 0.2) is 0 Å². The molecule has 0 bridgehead atoms. The molecule has 4 nitrogen and oxygen atoms in total. The topological polar surface area (TPSA) is 50.4 Å². The maximum atomic E-state index is 11.7. The summed E-state index contributed by atoms with van der Waals surface area (Å²) in [6.07, 6.45) is 4.59. The molecule has 1 aliphatic carbocycles. The predicted octanol–water partition coefficient (Wildman–Crippen LogP) is 1.31. The van der Waals surface area contributed by atoms with E-state index in [1.165, 1.54) is 12.8 Å². The number of amides is 1. The molecule has 1 fully saturated rings. The Morgan fingerprint density at radius 3 is 2.71 bits per heavy atom. The van der Waals surface area contributed by atoms with Crippen LogP contribution in [0.3, 0.4) is 0 Å². The van der Waals surface area contributed by atoms with Gasteiger partial charge < -0.3 is 15.4 Å². The normalized spacial score (nSPS) is 18.8. The average Bonchev–Trinajstić information content (AvgIpc) is 3.11. The average molecular weight is 242 g/mol. The summed E-state index contributed by atoms with van der Waals surface area (Å²) in [5.41, 5.74) is 0.398. The summed E-state index contributed by atoms with van der Waals surface area (Å²) in [4.78, 5) is 11.7. The molecule has 0 spiro atoms. The number of carbonyl (C=O) groups excluding carboxylic acids is 1. The first-order valence-corrected chi connectivity index (χ1v) is 6.63. The fourth-order valence-electron chi connectivity index (χ4n) is 1.87. The minimum Gasteiger partial charge on any atom is -0.385 e. The summed E-state index contributed by atoms with van der Waals surface area (Å²) in [5.74, 6) is 0.106. The number of nitrogens with one attached hydrogen (secondary N) is 2. The Bertz CT molecular complexity index is 240. The summed E-state index contributed by atoms with van der Waals surface area (Å²) in [7, 11) is 1.74. The van der Waals surface area contributed by atoms with E-state index in [1.54, 1.807) is 7.11 Å². The van der Waals surface area contributed by atoms with Gasteiger partial charge in [-0.3, -0.25) is 4.79 Å². The van der Waals surface area contributed by atoms with Crippen LogP contribution in [0, 0.1) is 5.41 Å². The van der Waals surface area contributed by atoms with E-state index in [1.807, 2.05) is 6.92 Å². The van der Waals surface area contributed by atoms with Gasteiger partial charge in [0.15, 0.2) is 0 Å². The second-order valence-corrected chi connectivity index (χ2v) is 5.14. The van der Waals surface area contributed by atoms with Crippen molar-refractivity contribution in [2.24, 2.45) is 5.41 Å². The molecule has 1 atom stereocenters. The highest BCUT2D eigenvalue weighted by Gasteiger charge is 2.41. The van der Waals surface area contributed by atoms with E-state index >= 15 is 0 Å². The molecule has 4 heteroatoms. The SMILES string of the molecule is CCCNC(=O)C(C)NCC1(CCOC)CC1. The number of rotatable bonds is 9. The van der Waals surface area contributed by atoms with Gasteiger partial charge in [-0.25, -0.2) is 0 Å². The zero-order chi connectivity index (χ0) is 12.7. The second-order valence-electron chi connectivity index (χ2n) is 5.14. The summed E-state index contributed by atoms with van der Waals surface area (Å²) in [6, 6.07) is -0.0958. The summed E-state index contributed by atoms with van der Waals surface area (Å²) < 4.78 is 5.12. The molecule has 0 heterocycles. The van der Waals surface area contributed by atoms with Crippen LogP contribution in [0.2, 0.25) is 0 Å². The van der Waals surface area contributed by atoms with Gasteiger partial charge in [-0.2, -0.15) is 0 Å². The molecule has 0 aliphatic heterocycles. The lowest BCUT2D eigenvalue weighted by molar-refractivity contribution is -0.122. The van der Waals surface area contributed by atoms with Crippen molar-refractivity contribution in [3.05, 3.63) is 0 Å². The Morgan fingerprint density at radius 1 is 1.47 bits per heavy atom. The standard InChI is InChI=1S/C13H26N2O2/c1-4-8-14-12(16)11(2)15-10-13(5-6-13)7-9-17-3/h11,15H,4-10H2,1-3H3,(H,14,16). The Kier molecular flexibility index (Phi) is 5.92. The molecule has 2 N–H and O–H groups in total. The van der Waals surface area contributed by atoms with Crippen molar-refractivity contribution >= 4 is 5.91 Å². The molecule has 0 aromatic carbocycles. The molecule has 0 radical (unpaired) electrons. The molecular formula is C13H26N2O2. The Hall–Kier alpha value is -0.610. The molecule has 1 unspecified atom stereocenters. The summed E-state index contributed by atoms with van der Waals surface area (Å²) in [5, 5.41) is 6.24. The van der Waals surface area contributed by atoms with Crippen molar-refractivity contribution < 1.29 is 9.53 Å². The quantitative estimate of drug-likeness (QED) is 0.641. The van der Waals surface area contributed by atoms with E-state index in [0.29, 0.717) is 5.41 Å². The molecular weight excluding hydrogens is 216 g/mol. The Morgan fingerprint density at radius 2 is 2.18 bits per heavy atom. The first-order valence-electron chi connectivity index (χ1n) is 6.63. The van der Waals surface area contributed by atoms with Crippen LogP contribution in [0.1, 0.15) is 39.5 Å². The lowest BCUT2D eigenvalue weighted by Crippen LogP contribution is -2.44. The molecule has 0 saturated heterocycles. The first-order chi connectivity index (χ1) is 8.13. The van der Waals surface area contributed by atoms with E-state index in [4.69, 9.17) is 4.74 Å². The smallest absolute Gasteiger partial charge is 0.236 e. The highest BCUT2D eigenvalue weighted by Crippen LogP contribution is 2.48. The van der Waals surface area contributed by atoms with Crippen molar-refractivity contribution in [1.29, 1.82) is 0 Å². The van der Waals surface area contributed by atoms with E-state index in [2.05, 4.69) is 17.6 Å². The highest BCUT2D eigenvalue weighted by molar-refractivity contribution is 5.81. The third-order valence-electron chi connectivity index (χ3n) is 3.52. The molecule has 100 valence electrons. The monoisotopic (exact) mass is 242 g/mol. The van der Waals surface area contributed by atoms with E-state index in [0.717, 1.165) is 32.5 Å². The van der Waals surface area contributed by atoms with Crippen LogP contribution < -0.4 is 10.6 Å². The van der Waals surface area contributed by atoms with Crippen molar-refractivity contribution in [2.75, 3.05) is 26.8 Å². The fourth-order valence-corrected chi connectivity index (χ4v) is 1.87. The van der Waals surface area contributed by atoms with Gasteiger partial charge in [-0.15, -0.1) is 0 Å². The van der Waals surface area contributed by atoms with Gasteiger partial charge in [0.1, 0.15) is 0 Å². The second kappa shape index (κ2) is 6.97. The molecule has 17 heavy (non-hydrogen) atoms. The van der Waals surface area contributed by atoms with Crippen LogP contribution in [0.4, 0.5) is 0 Å². The highest BCUT2D eigenvalue weighted by atomic mass is 16.5. The molecule has 1 aliphatic rings. The van der Waals surface area contributed by atoms with Crippen LogP contribution in [-0.2, 0) is 9.53 Å². The van der Waals surface area contributed by atoms with Crippen molar-refractivity contribution in [3.63, 3.8) is 0 Å². The van der Waals surface area contributed by atoms with Gasteiger partial charge in [-0.1, -0.05) is 6.92 Å². The minimum absolute atomic E-state index is 0.0958. The summed E-state index contributed by atoms with van der Waals surface area (Å²) >= 11 is 0. The Labute approximate surface area is 104 Å². The number of hydrogen-bond donors (Lipinski definition) is 2. The number of methoxy groups -OCH3 is 1. The van der Waals surface area contributed by atoms with Gasteiger partial charge in [0.05, 0.1) is 6.04 Å². The third-order valence-corrected chi connectivity index (χ3v) is 3.52. The van der Waals surface area contributed by atoms with Crippen LogP contribution in [-0.4, -0.2) is 38.8 Å². The van der Waals surface area contributed by atoms with E-state index in [9.17, 15) is 4.79 Å². The maximum absolute atomic E-state index is 11.7. The predicted molar refractivity (Wildman–Crippen MR) is 68.9 cm³/mol. The molecule has 1 amide bonds. The van der Waals surface area contributed by atoms with Gasteiger partial charge in [0.2, 0.25) is 5.91 Å². The van der Waals surface area contributed by atoms with Gasteiger partial charge in [0, 0.05) is 26.8 Å². The number of hydrogen-bond acceptors (Lipinski definition) is 3. The largest absolute Gasteiger partial charge is 0.385 e. The van der Waals surface area contributed by atoms with Crippen LogP contribution in [0.5, 0.6) is 0 Å². The fraction of sp³-hybridized carbons (Fsp3) is 0.923. The minimum atomic E-state index is -0.0958. The van der Waals surface area contributed by atoms with Crippen LogP contribution in [0.25, 0.3) is 0 Å². The summed E-state index contributed by atoms with van der Waals surface area (Å²) in [6.45, 7) is 6.49. The molecule has 1 rings (SSSR count). The van der Waals surface area contributed by atoms with Crippen LogP contribution >= 0.6 is 0 Å². The molecule has 0 aromatic heterocycles. The lowest BCUT2D eigenvalue weighted by Gasteiger charge is -2.19. The first kappa shape index (κ1) is 14.5. The molecule has 0 aromatic rings.